The quantitative estimate of drug-likeness (QED) is 0.566. The maximum Gasteiger partial charge on any atom is 0.171 e. The molecule has 1 aromatic heterocycles. The molecule has 0 bridgehead atoms. The van der Waals surface area contributed by atoms with Crippen molar-refractivity contribution in [3.05, 3.63) is 66.0 Å². The Morgan fingerprint density at radius 1 is 1.00 bits per heavy atom. The predicted molar refractivity (Wildman–Crippen MR) is 67.5 cm³/mol. The minimum absolute atomic E-state index is 0.688. The molecule has 0 saturated carbocycles. The predicted octanol–water partition coefficient (Wildman–Crippen LogP) is 2.50. The summed E-state index contributed by atoms with van der Waals surface area (Å²) in [6, 6.07) is 14.5. The number of rotatable bonds is 5. The zero-order valence-corrected chi connectivity index (χ0v) is 10.2. The first-order chi connectivity index (χ1) is 8.34. The molecule has 0 atom stereocenters. The summed E-state index contributed by atoms with van der Waals surface area (Å²) < 4.78 is 7.76. The second kappa shape index (κ2) is 6.16. The highest BCUT2D eigenvalue weighted by molar-refractivity contribution is 5.20. The molecule has 17 heavy (non-hydrogen) atoms. The summed E-state index contributed by atoms with van der Waals surface area (Å²) in [7, 11) is 0. The third-order valence-electron chi connectivity index (χ3n) is 2.66. The Bertz CT molecular complexity index is 436. The van der Waals surface area contributed by atoms with Crippen LogP contribution in [0.3, 0.4) is 0 Å². The van der Waals surface area contributed by atoms with Gasteiger partial charge in [0.05, 0.1) is 6.61 Å². The molecule has 0 spiro atoms. The molecule has 0 aliphatic rings. The molecule has 2 heteroatoms. The van der Waals surface area contributed by atoms with Crippen molar-refractivity contribution in [2.75, 3.05) is 6.61 Å². The second-order valence-electron chi connectivity index (χ2n) is 4.15. The average Bonchev–Trinajstić information content (AvgIpc) is 2.38. The van der Waals surface area contributed by atoms with Gasteiger partial charge in [0.25, 0.3) is 0 Å². The molecule has 0 amide bonds. The highest BCUT2D eigenvalue weighted by atomic mass is 16.5. The number of pyridine rings is 1. The molecule has 0 radical (unpaired) electrons. The second-order valence-corrected chi connectivity index (χ2v) is 4.15. The lowest BCUT2D eigenvalue weighted by Gasteiger charge is -2.03. The van der Waals surface area contributed by atoms with E-state index in [0.29, 0.717) is 6.61 Å². The van der Waals surface area contributed by atoms with E-state index in [0.717, 1.165) is 13.2 Å². The van der Waals surface area contributed by atoms with Gasteiger partial charge < -0.3 is 4.74 Å². The Kier molecular flexibility index (Phi) is 4.28. The fourth-order valence-electron chi connectivity index (χ4n) is 1.63. The van der Waals surface area contributed by atoms with Crippen molar-refractivity contribution < 1.29 is 9.30 Å². The van der Waals surface area contributed by atoms with E-state index in [-0.39, 0.29) is 0 Å². The fourth-order valence-corrected chi connectivity index (χ4v) is 1.63. The molecule has 1 aromatic carbocycles. The van der Waals surface area contributed by atoms with Crippen LogP contribution in [0.15, 0.2) is 54.9 Å². The van der Waals surface area contributed by atoms with Crippen LogP contribution >= 0.6 is 0 Å². The summed E-state index contributed by atoms with van der Waals surface area (Å²) in [4.78, 5) is 0. The SMILES string of the molecule is Cc1ccc(COCC[n+]2ccccc2)cc1. The summed E-state index contributed by atoms with van der Waals surface area (Å²) in [6.45, 7) is 4.42. The van der Waals surface area contributed by atoms with Crippen LogP contribution in [0.1, 0.15) is 11.1 Å². The van der Waals surface area contributed by atoms with E-state index < -0.39 is 0 Å². The van der Waals surface area contributed by atoms with E-state index in [9.17, 15) is 0 Å². The maximum atomic E-state index is 5.64. The summed E-state index contributed by atoms with van der Waals surface area (Å²) in [6.07, 6.45) is 4.10. The maximum absolute atomic E-state index is 5.64. The van der Waals surface area contributed by atoms with E-state index >= 15 is 0 Å². The molecule has 0 fully saturated rings. The molecule has 2 aromatic rings. The molecule has 0 aliphatic carbocycles. The smallest absolute Gasteiger partial charge is 0.171 e. The third kappa shape index (κ3) is 4.00. The zero-order valence-electron chi connectivity index (χ0n) is 10.2. The lowest BCUT2D eigenvalue weighted by Crippen LogP contribution is -2.34. The molecule has 0 N–H and O–H groups in total. The van der Waals surface area contributed by atoms with Gasteiger partial charge in [-0.2, -0.15) is 0 Å². The van der Waals surface area contributed by atoms with Gasteiger partial charge in [0.1, 0.15) is 6.61 Å². The molecule has 88 valence electrons. The number of ether oxygens (including phenoxy) is 1. The van der Waals surface area contributed by atoms with E-state index in [1.807, 2.05) is 18.2 Å². The van der Waals surface area contributed by atoms with Crippen LogP contribution in [-0.2, 0) is 17.9 Å². The highest BCUT2D eigenvalue weighted by Crippen LogP contribution is 2.04. The van der Waals surface area contributed by atoms with E-state index in [4.69, 9.17) is 4.74 Å². The Morgan fingerprint density at radius 3 is 2.41 bits per heavy atom. The van der Waals surface area contributed by atoms with Gasteiger partial charge in [-0.1, -0.05) is 35.9 Å². The van der Waals surface area contributed by atoms with E-state index in [1.165, 1.54) is 11.1 Å². The van der Waals surface area contributed by atoms with Gasteiger partial charge in [0.15, 0.2) is 18.9 Å². The molecule has 1 heterocycles. The number of benzene rings is 1. The lowest BCUT2D eigenvalue weighted by atomic mass is 10.2. The van der Waals surface area contributed by atoms with Gasteiger partial charge in [0, 0.05) is 12.1 Å². The van der Waals surface area contributed by atoms with Gasteiger partial charge in [-0.25, -0.2) is 4.57 Å². The molecule has 2 rings (SSSR count). The van der Waals surface area contributed by atoms with Gasteiger partial charge in [-0.05, 0) is 12.5 Å². The van der Waals surface area contributed by atoms with Gasteiger partial charge >= 0.3 is 0 Å². The number of hydrogen-bond acceptors (Lipinski definition) is 1. The fraction of sp³-hybridized carbons (Fsp3) is 0.267. The summed E-state index contributed by atoms with van der Waals surface area (Å²) in [5.74, 6) is 0. The van der Waals surface area contributed by atoms with E-state index in [2.05, 4.69) is 48.1 Å². The largest absolute Gasteiger partial charge is 0.370 e. The van der Waals surface area contributed by atoms with Crippen LogP contribution in [-0.4, -0.2) is 6.61 Å². The zero-order chi connectivity index (χ0) is 11.9. The van der Waals surface area contributed by atoms with Crippen molar-refractivity contribution in [2.24, 2.45) is 0 Å². The summed E-state index contributed by atoms with van der Waals surface area (Å²) in [5.41, 5.74) is 2.52. The number of aryl methyl sites for hydroxylation is 1. The van der Waals surface area contributed by atoms with Gasteiger partial charge in [0.2, 0.25) is 0 Å². The lowest BCUT2D eigenvalue weighted by molar-refractivity contribution is -0.698. The van der Waals surface area contributed by atoms with Gasteiger partial charge in [-0.3, -0.25) is 0 Å². The van der Waals surface area contributed by atoms with Crippen LogP contribution in [0.4, 0.5) is 0 Å². The summed E-state index contributed by atoms with van der Waals surface area (Å²) in [5, 5.41) is 0. The van der Waals surface area contributed by atoms with Crippen LogP contribution in [0.2, 0.25) is 0 Å². The van der Waals surface area contributed by atoms with Gasteiger partial charge in [-0.15, -0.1) is 0 Å². The standard InChI is InChI=1S/C15H18NO/c1-14-5-7-15(8-6-14)13-17-12-11-16-9-3-2-4-10-16/h2-10H,11-13H2,1H3/q+1. The molecule has 2 nitrogen and oxygen atoms in total. The van der Waals surface area contributed by atoms with Crippen LogP contribution < -0.4 is 4.57 Å². The minimum Gasteiger partial charge on any atom is -0.370 e. The van der Waals surface area contributed by atoms with Crippen LogP contribution in [0, 0.1) is 6.92 Å². The number of nitrogens with zero attached hydrogens (tertiary/aromatic N) is 1. The van der Waals surface area contributed by atoms with Crippen LogP contribution in [0.5, 0.6) is 0 Å². The molecular weight excluding hydrogens is 210 g/mol. The topological polar surface area (TPSA) is 13.1 Å². The minimum atomic E-state index is 0.688. The van der Waals surface area contributed by atoms with Crippen LogP contribution in [0.25, 0.3) is 0 Å². The number of hydrogen-bond donors (Lipinski definition) is 0. The Hall–Kier alpha value is -1.67. The molecule has 0 unspecified atom stereocenters. The molecule has 0 aliphatic heterocycles. The highest BCUT2D eigenvalue weighted by Gasteiger charge is 1.98. The molecular formula is C15H18NO+. The third-order valence-corrected chi connectivity index (χ3v) is 2.66. The van der Waals surface area contributed by atoms with Crippen molar-refractivity contribution >= 4 is 0 Å². The molecule has 0 saturated heterocycles. The first-order valence-corrected chi connectivity index (χ1v) is 5.92. The Balaban J connectivity index is 1.71. The summed E-state index contributed by atoms with van der Waals surface area (Å²) >= 11 is 0. The Morgan fingerprint density at radius 2 is 1.71 bits per heavy atom. The first-order valence-electron chi connectivity index (χ1n) is 5.92. The Labute approximate surface area is 102 Å². The van der Waals surface area contributed by atoms with Crippen molar-refractivity contribution in [1.29, 1.82) is 0 Å². The monoisotopic (exact) mass is 228 g/mol. The average molecular weight is 228 g/mol. The normalized spacial score (nSPS) is 10.4. The van der Waals surface area contributed by atoms with Crippen molar-refractivity contribution in [3.63, 3.8) is 0 Å². The first kappa shape index (κ1) is 11.8. The van der Waals surface area contributed by atoms with Crippen molar-refractivity contribution in [2.45, 2.75) is 20.1 Å². The number of aromatic nitrogens is 1. The van der Waals surface area contributed by atoms with Crippen molar-refractivity contribution in [1.82, 2.24) is 0 Å². The van der Waals surface area contributed by atoms with E-state index in [1.54, 1.807) is 0 Å². The van der Waals surface area contributed by atoms with Crippen molar-refractivity contribution in [3.8, 4) is 0 Å².